The van der Waals surface area contributed by atoms with Crippen LogP contribution in [0.2, 0.25) is 0 Å². The molecule has 1 aromatic carbocycles. The fraction of sp³-hybridized carbons (Fsp3) is 0.625. The maximum Gasteiger partial charge on any atom is 0.0239 e. The van der Waals surface area contributed by atoms with Gasteiger partial charge in [0.25, 0.3) is 0 Å². The van der Waals surface area contributed by atoms with Gasteiger partial charge in [-0.1, -0.05) is 30.3 Å². The molecule has 1 fully saturated rings. The summed E-state index contributed by atoms with van der Waals surface area (Å²) in [6.07, 6.45) is 2.74. The van der Waals surface area contributed by atoms with Crippen molar-refractivity contribution in [2.45, 2.75) is 58.3 Å². The van der Waals surface area contributed by atoms with Crippen molar-refractivity contribution in [3.63, 3.8) is 0 Å². The van der Waals surface area contributed by atoms with Crippen LogP contribution in [0.4, 0.5) is 0 Å². The van der Waals surface area contributed by atoms with Crippen LogP contribution in [0.1, 0.15) is 39.2 Å². The summed E-state index contributed by atoms with van der Waals surface area (Å²) in [5.74, 6) is 0. The topological polar surface area (TPSA) is 15.3 Å². The monoisotopic (exact) mass is 246 g/mol. The van der Waals surface area contributed by atoms with Gasteiger partial charge in [0, 0.05) is 31.2 Å². The first-order chi connectivity index (χ1) is 8.66. The Labute approximate surface area is 111 Å². The van der Waals surface area contributed by atoms with Crippen LogP contribution in [0.25, 0.3) is 0 Å². The maximum atomic E-state index is 3.64. The molecule has 1 saturated carbocycles. The van der Waals surface area contributed by atoms with Gasteiger partial charge in [-0.3, -0.25) is 4.90 Å². The molecule has 1 aromatic rings. The van der Waals surface area contributed by atoms with E-state index in [1.807, 2.05) is 0 Å². The third kappa shape index (κ3) is 4.11. The molecule has 1 aliphatic carbocycles. The highest BCUT2D eigenvalue weighted by molar-refractivity contribution is 5.14. The van der Waals surface area contributed by atoms with Crippen LogP contribution in [0.15, 0.2) is 30.3 Å². The summed E-state index contributed by atoms with van der Waals surface area (Å²) < 4.78 is 0. The minimum Gasteiger partial charge on any atom is -0.312 e. The predicted molar refractivity (Wildman–Crippen MR) is 77.6 cm³/mol. The Morgan fingerprint density at radius 2 is 1.83 bits per heavy atom. The average Bonchev–Trinajstić information content (AvgIpc) is 3.18. The van der Waals surface area contributed by atoms with Crippen molar-refractivity contribution < 1.29 is 0 Å². The predicted octanol–water partition coefficient (Wildman–Crippen LogP) is 3.04. The summed E-state index contributed by atoms with van der Waals surface area (Å²) in [7, 11) is 0. The van der Waals surface area contributed by atoms with Crippen molar-refractivity contribution in [3.05, 3.63) is 35.9 Å². The van der Waals surface area contributed by atoms with Crippen molar-refractivity contribution in [1.82, 2.24) is 10.2 Å². The highest BCUT2D eigenvalue weighted by atomic mass is 15.2. The van der Waals surface area contributed by atoms with Crippen molar-refractivity contribution in [3.8, 4) is 0 Å². The minimum atomic E-state index is 0.584. The Morgan fingerprint density at radius 1 is 1.17 bits per heavy atom. The first-order valence-electron chi connectivity index (χ1n) is 7.20. The van der Waals surface area contributed by atoms with Gasteiger partial charge in [0.2, 0.25) is 0 Å². The molecular formula is C16H26N2. The largest absolute Gasteiger partial charge is 0.312 e. The molecule has 0 radical (unpaired) electrons. The third-order valence-electron chi connectivity index (χ3n) is 3.72. The lowest BCUT2D eigenvalue weighted by molar-refractivity contribution is 0.152. The van der Waals surface area contributed by atoms with E-state index >= 15 is 0 Å². The molecule has 0 bridgehead atoms. The van der Waals surface area contributed by atoms with Gasteiger partial charge >= 0.3 is 0 Å². The van der Waals surface area contributed by atoms with Crippen molar-refractivity contribution in [1.29, 1.82) is 0 Å². The van der Waals surface area contributed by atoms with Gasteiger partial charge in [-0.15, -0.1) is 0 Å². The summed E-state index contributed by atoms with van der Waals surface area (Å²) in [4.78, 5) is 2.57. The van der Waals surface area contributed by atoms with E-state index in [-0.39, 0.29) is 0 Å². The molecule has 1 aliphatic rings. The quantitative estimate of drug-likeness (QED) is 0.795. The molecule has 0 spiro atoms. The standard InChI is InChI=1S/C16H26N2/c1-13(2)18(12-15-7-5-4-6-8-15)14(3)11-17-16-9-10-16/h4-8,13-14,16-17H,9-12H2,1-3H3. The SMILES string of the molecule is CC(C)N(Cc1ccccc1)C(C)CNC1CC1. The van der Waals surface area contributed by atoms with Gasteiger partial charge in [0.1, 0.15) is 0 Å². The molecule has 0 heterocycles. The smallest absolute Gasteiger partial charge is 0.0239 e. The summed E-state index contributed by atoms with van der Waals surface area (Å²) in [5.41, 5.74) is 1.41. The van der Waals surface area contributed by atoms with Crippen molar-refractivity contribution in [2.75, 3.05) is 6.54 Å². The van der Waals surface area contributed by atoms with Crippen molar-refractivity contribution in [2.24, 2.45) is 0 Å². The van der Waals surface area contributed by atoms with E-state index in [0.29, 0.717) is 12.1 Å². The number of benzene rings is 1. The second-order valence-corrected chi connectivity index (χ2v) is 5.78. The van der Waals surface area contributed by atoms with Crippen LogP contribution in [-0.2, 0) is 6.54 Å². The van der Waals surface area contributed by atoms with Crippen molar-refractivity contribution >= 4 is 0 Å². The minimum absolute atomic E-state index is 0.584. The Balaban J connectivity index is 1.89. The van der Waals surface area contributed by atoms with Crippen LogP contribution < -0.4 is 5.32 Å². The number of nitrogens with one attached hydrogen (secondary N) is 1. The molecule has 100 valence electrons. The van der Waals surface area contributed by atoms with Gasteiger partial charge in [0.05, 0.1) is 0 Å². The highest BCUT2D eigenvalue weighted by Gasteiger charge is 2.23. The molecular weight excluding hydrogens is 220 g/mol. The van der Waals surface area contributed by atoms with E-state index in [0.717, 1.165) is 19.1 Å². The maximum absolute atomic E-state index is 3.64. The molecule has 0 saturated heterocycles. The molecule has 1 N–H and O–H groups in total. The average molecular weight is 246 g/mol. The number of nitrogens with zero attached hydrogens (tertiary/aromatic N) is 1. The zero-order valence-corrected chi connectivity index (χ0v) is 11.9. The fourth-order valence-corrected chi connectivity index (χ4v) is 2.38. The number of rotatable bonds is 7. The lowest BCUT2D eigenvalue weighted by Gasteiger charge is -2.33. The molecule has 0 aliphatic heterocycles. The molecule has 18 heavy (non-hydrogen) atoms. The molecule has 1 atom stereocenters. The normalized spacial score (nSPS) is 17.4. The second kappa shape index (κ2) is 6.35. The first-order valence-corrected chi connectivity index (χ1v) is 7.20. The Bertz CT molecular complexity index is 343. The lowest BCUT2D eigenvalue weighted by atomic mass is 10.1. The number of hydrogen-bond acceptors (Lipinski definition) is 2. The molecule has 2 nitrogen and oxygen atoms in total. The van der Waals surface area contributed by atoms with Crippen LogP contribution in [0.5, 0.6) is 0 Å². The van der Waals surface area contributed by atoms with E-state index in [1.165, 1.54) is 18.4 Å². The van der Waals surface area contributed by atoms with Gasteiger partial charge < -0.3 is 5.32 Å². The van der Waals surface area contributed by atoms with Crippen LogP contribution in [-0.4, -0.2) is 29.6 Å². The Morgan fingerprint density at radius 3 is 2.39 bits per heavy atom. The Hall–Kier alpha value is -0.860. The zero-order chi connectivity index (χ0) is 13.0. The Kier molecular flexibility index (Phi) is 4.79. The highest BCUT2D eigenvalue weighted by Crippen LogP contribution is 2.19. The van der Waals surface area contributed by atoms with Gasteiger partial charge in [0.15, 0.2) is 0 Å². The second-order valence-electron chi connectivity index (χ2n) is 5.78. The van der Waals surface area contributed by atoms with Gasteiger partial charge in [-0.25, -0.2) is 0 Å². The molecule has 2 heteroatoms. The summed E-state index contributed by atoms with van der Waals surface area (Å²) in [6, 6.07) is 12.8. The molecule has 0 amide bonds. The summed E-state index contributed by atoms with van der Waals surface area (Å²) in [6.45, 7) is 9.06. The number of hydrogen-bond donors (Lipinski definition) is 1. The van der Waals surface area contributed by atoms with Gasteiger partial charge in [-0.05, 0) is 39.2 Å². The first kappa shape index (κ1) is 13.6. The lowest BCUT2D eigenvalue weighted by Crippen LogP contribution is -2.44. The zero-order valence-electron chi connectivity index (χ0n) is 11.9. The van der Waals surface area contributed by atoms with E-state index in [4.69, 9.17) is 0 Å². The third-order valence-corrected chi connectivity index (χ3v) is 3.72. The van der Waals surface area contributed by atoms with E-state index < -0.39 is 0 Å². The van der Waals surface area contributed by atoms with Crippen LogP contribution in [0, 0.1) is 0 Å². The van der Waals surface area contributed by atoms with Gasteiger partial charge in [-0.2, -0.15) is 0 Å². The van der Waals surface area contributed by atoms with E-state index in [1.54, 1.807) is 0 Å². The van der Waals surface area contributed by atoms with E-state index in [2.05, 4.69) is 61.3 Å². The van der Waals surface area contributed by atoms with Crippen LogP contribution in [0.3, 0.4) is 0 Å². The summed E-state index contributed by atoms with van der Waals surface area (Å²) >= 11 is 0. The molecule has 2 rings (SSSR count). The summed E-state index contributed by atoms with van der Waals surface area (Å²) in [5, 5.41) is 3.64. The van der Waals surface area contributed by atoms with E-state index in [9.17, 15) is 0 Å². The van der Waals surface area contributed by atoms with Crippen LogP contribution >= 0.6 is 0 Å². The molecule has 0 aromatic heterocycles. The molecule has 1 unspecified atom stereocenters. The fourth-order valence-electron chi connectivity index (χ4n) is 2.38.